The van der Waals surface area contributed by atoms with E-state index in [1.54, 1.807) is 0 Å². The van der Waals surface area contributed by atoms with Crippen molar-refractivity contribution in [1.29, 1.82) is 0 Å². The SMILES string of the molecule is CC1CC(NCC2CCOCC2)CCN1C(=O)OC(C)(C)C. The third-order valence-corrected chi connectivity index (χ3v) is 4.54. The van der Waals surface area contributed by atoms with Gasteiger partial charge in [0.2, 0.25) is 0 Å². The largest absolute Gasteiger partial charge is 0.444 e. The molecule has 2 fully saturated rings. The maximum Gasteiger partial charge on any atom is 0.410 e. The molecule has 2 heterocycles. The molecular formula is C17H32N2O3. The van der Waals surface area contributed by atoms with E-state index in [4.69, 9.17) is 9.47 Å². The summed E-state index contributed by atoms with van der Waals surface area (Å²) >= 11 is 0. The van der Waals surface area contributed by atoms with Crippen molar-refractivity contribution >= 4 is 6.09 Å². The van der Waals surface area contributed by atoms with Gasteiger partial charge < -0.3 is 19.7 Å². The third kappa shape index (κ3) is 5.43. The van der Waals surface area contributed by atoms with E-state index in [2.05, 4.69) is 12.2 Å². The summed E-state index contributed by atoms with van der Waals surface area (Å²) in [4.78, 5) is 14.1. The van der Waals surface area contributed by atoms with E-state index in [9.17, 15) is 4.79 Å². The number of hydrogen-bond donors (Lipinski definition) is 1. The Morgan fingerprint density at radius 3 is 2.55 bits per heavy atom. The molecule has 2 atom stereocenters. The number of amides is 1. The average Bonchev–Trinajstić information content (AvgIpc) is 2.44. The molecular weight excluding hydrogens is 280 g/mol. The number of carbonyl (C=O) groups excluding carboxylic acids is 1. The molecule has 0 radical (unpaired) electrons. The highest BCUT2D eigenvalue weighted by molar-refractivity contribution is 5.68. The van der Waals surface area contributed by atoms with E-state index >= 15 is 0 Å². The van der Waals surface area contributed by atoms with Crippen LogP contribution in [0.1, 0.15) is 53.4 Å². The van der Waals surface area contributed by atoms with Crippen LogP contribution in [0.2, 0.25) is 0 Å². The number of nitrogens with zero attached hydrogens (tertiary/aromatic N) is 1. The molecule has 2 aliphatic heterocycles. The molecule has 2 saturated heterocycles. The highest BCUT2D eigenvalue weighted by atomic mass is 16.6. The highest BCUT2D eigenvalue weighted by Crippen LogP contribution is 2.21. The molecule has 22 heavy (non-hydrogen) atoms. The lowest BCUT2D eigenvalue weighted by Crippen LogP contribution is -2.51. The molecule has 5 nitrogen and oxygen atoms in total. The number of ether oxygens (including phenoxy) is 2. The van der Waals surface area contributed by atoms with Crippen LogP contribution in [0.3, 0.4) is 0 Å². The summed E-state index contributed by atoms with van der Waals surface area (Å²) in [6, 6.07) is 0.743. The van der Waals surface area contributed by atoms with Crippen molar-refractivity contribution in [2.24, 2.45) is 5.92 Å². The fourth-order valence-corrected chi connectivity index (χ4v) is 3.23. The second kappa shape index (κ2) is 7.64. The number of likely N-dealkylation sites (tertiary alicyclic amines) is 1. The van der Waals surface area contributed by atoms with Gasteiger partial charge in [-0.1, -0.05) is 0 Å². The Hall–Kier alpha value is -0.810. The predicted octanol–water partition coefficient (Wildman–Crippen LogP) is 2.79. The zero-order chi connectivity index (χ0) is 16.2. The second-order valence-corrected chi connectivity index (χ2v) is 7.71. The highest BCUT2D eigenvalue weighted by Gasteiger charge is 2.31. The van der Waals surface area contributed by atoms with Gasteiger partial charge in [-0.05, 0) is 65.8 Å². The van der Waals surface area contributed by atoms with Crippen LogP contribution in [0.5, 0.6) is 0 Å². The van der Waals surface area contributed by atoms with Gasteiger partial charge >= 0.3 is 6.09 Å². The molecule has 0 spiro atoms. The molecule has 2 unspecified atom stereocenters. The van der Waals surface area contributed by atoms with Crippen molar-refractivity contribution < 1.29 is 14.3 Å². The van der Waals surface area contributed by atoms with Crippen LogP contribution >= 0.6 is 0 Å². The molecule has 5 heteroatoms. The average molecular weight is 312 g/mol. The molecule has 128 valence electrons. The molecule has 2 rings (SSSR count). The van der Waals surface area contributed by atoms with Crippen molar-refractivity contribution in [2.75, 3.05) is 26.3 Å². The van der Waals surface area contributed by atoms with Gasteiger partial charge in [0.05, 0.1) is 0 Å². The number of hydrogen-bond acceptors (Lipinski definition) is 4. The lowest BCUT2D eigenvalue weighted by Gasteiger charge is -2.39. The van der Waals surface area contributed by atoms with Crippen molar-refractivity contribution in [3.63, 3.8) is 0 Å². The molecule has 0 aliphatic carbocycles. The van der Waals surface area contributed by atoms with E-state index < -0.39 is 5.60 Å². The monoisotopic (exact) mass is 312 g/mol. The number of rotatable bonds is 3. The fraction of sp³-hybridized carbons (Fsp3) is 0.941. The first-order chi connectivity index (χ1) is 10.3. The predicted molar refractivity (Wildman–Crippen MR) is 87.0 cm³/mol. The number of carbonyl (C=O) groups is 1. The van der Waals surface area contributed by atoms with E-state index in [0.29, 0.717) is 6.04 Å². The summed E-state index contributed by atoms with van der Waals surface area (Å²) in [6.45, 7) is 11.5. The molecule has 2 aliphatic rings. The first-order valence-electron chi connectivity index (χ1n) is 8.66. The van der Waals surface area contributed by atoms with Crippen LogP contribution in [0.4, 0.5) is 4.79 Å². The maximum absolute atomic E-state index is 12.2. The smallest absolute Gasteiger partial charge is 0.410 e. The van der Waals surface area contributed by atoms with Crippen LogP contribution in [0.25, 0.3) is 0 Å². The van der Waals surface area contributed by atoms with Crippen molar-refractivity contribution in [3.05, 3.63) is 0 Å². The zero-order valence-electron chi connectivity index (χ0n) is 14.6. The first kappa shape index (κ1) is 17.5. The summed E-state index contributed by atoms with van der Waals surface area (Å²) in [6.07, 6.45) is 4.16. The standard InChI is InChI=1S/C17H32N2O3/c1-13-11-15(18-12-14-6-9-21-10-7-14)5-8-19(13)16(20)22-17(2,3)4/h13-15,18H,5-12H2,1-4H3. The Bertz CT molecular complexity index is 361. The van der Waals surface area contributed by atoms with E-state index in [1.165, 1.54) is 12.8 Å². The molecule has 0 aromatic heterocycles. The summed E-state index contributed by atoms with van der Waals surface area (Å²) in [5, 5.41) is 3.70. The summed E-state index contributed by atoms with van der Waals surface area (Å²) < 4.78 is 10.9. The van der Waals surface area contributed by atoms with Crippen LogP contribution in [-0.2, 0) is 9.47 Å². The van der Waals surface area contributed by atoms with Gasteiger partial charge in [-0.2, -0.15) is 0 Å². The van der Waals surface area contributed by atoms with Gasteiger partial charge in [0.25, 0.3) is 0 Å². The minimum absolute atomic E-state index is 0.178. The summed E-state index contributed by atoms with van der Waals surface area (Å²) in [7, 11) is 0. The first-order valence-corrected chi connectivity index (χ1v) is 8.66. The number of piperidine rings is 1. The van der Waals surface area contributed by atoms with Crippen molar-refractivity contribution in [1.82, 2.24) is 10.2 Å². The second-order valence-electron chi connectivity index (χ2n) is 7.71. The molecule has 1 amide bonds. The van der Waals surface area contributed by atoms with Crippen molar-refractivity contribution in [2.45, 2.75) is 71.1 Å². The van der Waals surface area contributed by atoms with Crippen molar-refractivity contribution in [3.8, 4) is 0 Å². The third-order valence-electron chi connectivity index (χ3n) is 4.54. The summed E-state index contributed by atoms with van der Waals surface area (Å²) in [5.41, 5.74) is -0.422. The lowest BCUT2D eigenvalue weighted by atomic mass is 9.96. The quantitative estimate of drug-likeness (QED) is 0.870. The van der Waals surface area contributed by atoms with Gasteiger partial charge in [-0.25, -0.2) is 4.79 Å². The maximum atomic E-state index is 12.2. The van der Waals surface area contributed by atoms with Crippen LogP contribution < -0.4 is 5.32 Å². The molecule has 0 aromatic carbocycles. The van der Waals surface area contributed by atoms with E-state index in [1.807, 2.05) is 25.7 Å². The molecule has 0 bridgehead atoms. The van der Waals surface area contributed by atoms with Crippen LogP contribution in [-0.4, -0.2) is 55.0 Å². The summed E-state index contributed by atoms with van der Waals surface area (Å²) in [5.74, 6) is 0.743. The minimum atomic E-state index is -0.422. The van der Waals surface area contributed by atoms with Gasteiger partial charge in [-0.15, -0.1) is 0 Å². The topological polar surface area (TPSA) is 50.8 Å². The van der Waals surface area contributed by atoms with Gasteiger partial charge in [-0.3, -0.25) is 0 Å². The normalized spacial score (nSPS) is 27.7. The van der Waals surface area contributed by atoms with Crippen LogP contribution in [0, 0.1) is 5.92 Å². The van der Waals surface area contributed by atoms with E-state index in [0.717, 1.165) is 45.1 Å². The minimum Gasteiger partial charge on any atom is -0.444 e. The van der Waals surface area contributed by atoms with Gasteiger partial charge in [0.1, 0.15) is 5.60 Å². The fourth-order valence-electron chi connectivity index (χ4n) is 3.23. The number of nitrogens with one attached hydrogen (secondary N) is 1. The zero-order valence-corrected chi connectivity index (χ0v) is 14.6. The van der Waals surface area contributed by atoms with Gasteiger partial charge in [0, 0.05) is 31.8 Å². The Morgan fingerprint density at radius 1 is 1.27 bits per heavy atom. The Balaban J connectivity index is 1.73. The Kier molecular flexibility index (Phi) is 6.09. The molecule has 1 N–H and O–H groups in total. The molecule has 0 saturated carbocycles. The lowest BCUT2D eigenvalue weighted by molar-refractivity contribution is 0.00879. The van der Waals surface area contributed by atoms with Gasteiger partial charge in [0.15, 0.2) is 0 Å². The Labute approximate surface area is 134 Å². The van der Waals surface area contributed by atoms with E-state index in [-0.39, 0.29) is 12.1 Å². The Morgan fingerprint density at radius 2 is 1.95 bits per heavy atom. The van der Waals surface area contributed by atoms with Crippen LogP contribution in [0.15, 0.2) is 0 Å². The molecule has 0 aromatic rings.